The Morgan fingerprint density at radius 1 is 1.14 bits per heavy atom. The molecular weight excluding hydrogens is 441 g/mol. The summed E-state index contributed by atoms with van der Waals surface area (Å²) >= 11 is 4.93. The molecule has 7 heteroatoms. The van der Waals surface area contributed by atoms with E-state index in [0.29, 0.717) is 22.6 Å². The van der Waals surface area contributed by atoms with Crippen molar-refractivity contribution < 1.29 is 4.39 Å². The van der Waals surface area contributed by atoms with Gasteiger partial charge in [0.25, 0.3) is 5.56 Å². The van der Waals surface area contributed by atoms with Crippen LogP contribution in [-0.4, -0.2) is 21.9 Å². The van der Waals surface area contributed by atoms with Crippen LogP contribution in [0.25, 0.3) is 20.7 Å². The van der Waals surface area contributed by atoms with E-state index in [1.54, 1.807) is 12.1 Å². The van der Waals surface area contributed by atoms with Crippen LogP contribution in [0, 0.1) is 5.82 Å². The molecule has 0 saturated heterocycles. The van der Waals surface area contributed by atoms with Crippen molar-refractivity contribution in [2.45, 2.75) is 13.1 Å². The lowest BCUT2D eigenvalue weighted by atomic mass is 10.2. The molecule has 0 bridgehead atoms. The maximum Gasteiger partial charge on any atom is 0.268 e. The van der Waals surface area contributed by atoms with Gasteiger partial charge >= 0.3 is 0 Å². The highest BCUT2D eigenvalue weighted by molar-refractivity contribution is 9.10. The number of halogens is 2. The number of thiophene rings is 1. The minimum absolute atomic E-state index is 0.146. The van der Waals surface area contributed by atoms with Crippen LogP contribution in [-0.2, 0) is 13.1 Å². The van der Waals surface area contributed by atoms with Gasteiger partial charge in [-0.25, -0.2) is 9.37 Å². The average molecular weight is 458 g/mol. The van der Waals surface area contributed by atoms with Crippen LogP contribution in [0.5, 0.6) is 0 Å². The van der Waals surface area contributed by atoms with Crippen molar-refractivity contribution in [2.75, 3.05) is 7.05 Å². The quantitative estimate of drug-likeness (QED) is 0.448. The smallest absolute Gasteiger partial charge is 0.268 e. The van der Waals surface area contributed by atoms with E-state index in [2.05, 4.69) is 36.9 Å². The number of nitrogens with zero attached hydrogens (tertiary/aromatic N) is 2. The molecule has 142 valence electrons. The third-order valence-electron chi connectivity index (χ3n) is 4.38. The van der Waals surface area contributed by atoms with E-state index in [0.717, 1.165) is 21.5 Å². The number of rotatable bonds is 5. The number of aromatic nitrogens is 2. The molecule has 2 aromatic carbocycles. The summed E-state index contributed by atoms with van der Waals surface area (Å²) in [5.41, 5.74) is 2.56. The summed E-state index contributed by atoms with van der Waals surface area (Å²) in [4.78, 5) is 23.0. The van der Waals surface area contributed by atoms with E-state index in [-0.39, 0.29) is 11.4 Å². The predicted octanol–water partition coefficient (Wildman–Crippen LogP) is 5.19. The molecule has 0 aliphatic carbocycles. The second kappa shape index (κ2) is 7.95. The first-order valence-corrected chi connectivity index (χ1v) is 10.3. The minimum atomic E-state index is -0.281. The second-order valence-electron chi connectivity index (χ2n) is 6.61. The molecule has 0 radical (unpaired) electrons. The van der Waals surface area contributed by atoms with Gasteiger partial charge in [-0.2, -0.15) is 0 Å². The molecule has 0 spiro atoms. The molecule has 4 aromatic rings. The number of hydrogen-bond acceptors (Lipinski definition) is 4. The Balaban J connectivity index is 1.59. The normalized spacial score (nSPS) is 11.4. The molecule has 0 fully saturated rings. The average Bonchev–Trinajstić information content (AvgIpc) is 3.09. The molecular formula is C21H17BrFN3OS. The van der Waals surface area contributed by atoms with Gasteiger partial charge in [0.15, 0.2) is 0 Å². The summed E-state index contributed by atoms with van der Waals surface area (Å²) in [7, 11) is 1.99. The van der Waals surface area contributed by atoms with Gasteiger partial charge in [-0.1, -0.05) is 46.3 Å². The maximum atomic E-state index is 13.2. The molecule has 1 N–H and O–H groups in total. The number of aromatic amines is 1. The van der Waals surface area contributed by atoms with Crippen LogP contribution in [0.2, 0.25) is 0 Å². The molecule has 28 heavy (non-hydrogen) atoms. The molecule has 4 nitrogen and oxygen atoms in total. The first-order valence-electron chi connectivity index (χ1n) is 8.70. The predicted molar refractivity (Wildman–Crippen MR) is 115 cm³/mol. The fourth-order valence-electron chi connectivity index (χ4n) is 3.05. The Hall–Kier alpha value is -2.35. The Morgan fingerprint density at radius 3 is 2.64 bits per heavy atom. The standard InChI is InChI=1S/C21H17BrFN3OS/c1-26(11-14-4-2-3-5-16(14)22)12-19-24-17-10-18(28-20(17)21(27)25-19)13-6-8-15(23)9-7-13/h2-10H,11-12H2,1H3,(H,24,25,27). The van der Waals surface area contributed by atoms with Gasteiger partial charge < -0.3 is 4.98 Å². The van der Waals surface area contributed by atoms with Crippen molar-refractivity contribution >= 4 is 37.5 Å². The highest BCUT2D eigenvalue weighted by Crippen LogP contribution is 2.31. The molecule has 0 saturated carbocycles. The van der Waals surface area contributed by atoms with Crippen LogP contribution in [0.4, 0.5) is 4.39 Å². The van der Waals surface area contributed by atoms with Crippen molar-refractivity contribution in [3.63, 3.8) is 0 Å². The van der Waals surface area contributed by atoms with E-state index < -0.39 is 0 Å². The largest absolute Gasteiger partial charge is 0.308 e. The summed E-state index contributed by atoms with van der Waals surface area (Å²) < 4.78 is 14.8. The summed E-state index contributed by atoms with van der Waals surface area (Å²) in [6.45, 7) is 1.25. The molecule has 0 amide bonds. The number of benzene rings is 2. The van der Waals surface area contributed by atoms with Crippen LogP contribution >= 0.6 is 27.3 Å². The summed E-state index contributed by atoms with van der Waals surface area (Å²) in [5.74, 6) is 0.340. The Labute approximate surface area is 173 Å². The third kappa shape index (κ3) is 4.06. The lowest BCUT2D eigenvalue weighted by molar-refractivity contribution is 0.310. The zero-order chi connectivity index (χ0) is 19.7. The van der Waals surface area contributed by atoms with E-state index >= 15 is 0 Å². The van der Waals surface area contributed by atoms with Crippen molar-refractivity contribution in [1.82, 2.24) is 14.9 Å². The first kappa shape index (κ1) is 19.0. The van der Waals surface area contributed by atoms with Crippen LogP contribution in [0.1, 0.15) is 11.4 Å². The fourth-order valence-corrected chi connectivity index (χ4v) is 4.46. The molecule has 0 unspecified atom stereocenters. The highest BCUT2D eigenvalue weighted by Gasteiger charge is 2.12. The van der Waals surface area contributed by atoms with Crippen molar-refractivity contribution in [3.05, 3.63) is 86.6 Å². The Morgan fingerprint density at radius 2 is 1.89 bits per heavy atom. The Kier molecular flexibility index (Phi) is 5.39. The lowest BCUT2D eigenvalue weighted by Crippen LogP contribution is -2.21. The van der Waals surface area contributed by atoms with Crippen LogP contribution in [0.3, 0.4) is 0 Å². The number of hydrogen-bond donors (Lipinski definition) is 1. The summed E-state index contributed by atoms with van der Waals surface area (Å²) in [6.07, 6.45) is 0. The van der Waals surface area contributed by atoms with Crippen molar-refractivity contribution in [2.24, 2.45) is 0 Å². The fraction of sp³-hybridized carbons (Fsp3) is 0.143. The summed E-state index contributed by atoms with van der Waals surface area (Å²) in [6, 6.07) is 16.2. The van der Waals surface area contributed by atoms with Gasteiger partial charge in [0, 0.05) is 15.9 Å². The summed E-state index contributed by atoms with van der Waals surface area (Å²) in [5, 5.41) is 0. The molecule has 0 atom stereocenters. The number of H-pyrrole nitrogens is 1. The number of fused-ring (bicyclic) bond motifs is 1. The van der Waals surface area contributed by atoms with E-state index in [1.165, 1.54) is 29.0 Å². The van der Waals surface area contributed by atoms with Crippen LogP contribution in [0.15, 0.2) is 63.9 Å². The van der Waals surface area contributed by atoms with Gasteiger partial charge in [-0.15, -0.1) is 11.3 Å². The minimum Gasteiger partial charge on any atom is -0.308 e. The second-order valence-corrected chi connectivity index (χ2v) is 8.51. The van der Waals surface area contributed by atoms with Gasteiger partial charge in [0.2, 0.25) is 0 Å². The van der Waals surface area contributed by atoms with Crippen LogP contribution < -0.4 is 5.56 Å². The van der Waals surface area contributed by atoms with Gasteiger partial charge in [0.1, 0.15) is 16.3 Å². The molecule has 0 aliphatic heterocycles. The lowest BCUT2D eigenvalue weighted by Gasteiger charge is -2.16. The van der Waals surface area contributed by atoms with E-state index in [4.69, 9.17) is 0 Å². The zero-order valence-electron chi connectivity index (χ0n) is 15.1. The molecule has 2 aromatic heterocycles. The maximum absolute atomic E-state index is 13.2. The SMILES string of the molecule is CN(Cc1nc2cc(-c3ccc(F)cc3)sc2c(=O)[nH]1)Cc1ccccc1Br. The van der Waals surface area contributed by atoms with Gasteiger partial charge in [0.05, 0.1) is 12.1 Å². The van der Waals surface area contributed by atoms with E-state index in [9.17, 15) is 9.18 Å². The molecule has 4 rings (SSSR count). The van der Waals surface area contributed by atoms with Crippen molar-refractivity contribution in [3.8, 4) is 10.4 Å². The van der Waals surface area contributed by atoms with E-state index in [1.807, 2.05) is 31.3 Å². The highest BCUT2D eigenvalue weighted by atomic mass is 79.9. The van der Waals surface area contributed by atoms with Gasteiger partial charge in [-0.05, 0) is 42.4 Å². The van der Waals surface area contributed by atoms with Gasteiger partial charge in [-0.3, -0.25) is 9.69 Å². The first-order chi connectivity index (χ1) is 13.5. The molecule has 0 aliphatic rings. The Bertz CT molecular complexity index is 1190. The monoisotopic (exact) mass is 457 g/mol. The topological polar surface area (TPSA) is 49.0 Å². The molecule has 2 heterocycles. The zero-order valence-corrected chi connectivity index (χ0v) is 17.5. The third-order valence-corrected chi connectivity index (χ3v) is 6.32. The number of nitrogens with one attached hydrogen (secondary N) is 1. The van der Waals surface area contributed by atoms with Crippen molar-refractivity contribution in [1.29, 1.82) is 0 Å².